The van der Waals surface area contributed by atoms with Crippen molar-refractivity contribution >= 4 is 19.7 Å². The number of halogens is 1. The van der Waals surface area contributed by atoms with Gasteiger partial charge in [-0.2, -0.15) is 0 Å². The van der Waals surface area contributed by atoms with E-state index in [1.807, 2.05) is 0 Å². The fourth-order valence-electron chi connectivity index (χ4n) is 1.77. The van der Waals surface area contributed by atoms with Crippen molar-refractivity contribution < 1.29 is 8.42 Å². The Morgan fingerprint density at radius 2 is 2.12 bits per heavy atom. The molecule has 0 radical (unpaired) electrons. The molecule has 1 heterocycles. The molecule has 1 fully saturated rings. The molecule has 1 aromatic heterocycles. The van der Waals surface area contributed by atoms with Gasteiger partial charge in [-0.15, -0.1) is 10.2 Å². The summed E-state index contributed by atoms with van der Waals surface area (Å²) >= 11 is 0. The molecule has 7 heteroatoms. The van der Waals surface area contributed by atoms with Crippen molar-refractivity contribution in [1.29, 1.82) is 0 Å². The standard InChI is InChI=1S/C10H16ClN3O2S/c1-3-7(2)6-9-12-13-10(17(11,15)16)14(9)8-4-5-8/h7-8H,3-6H2,1-2H3. The minimum atomic E-state index is -3.80. The van der Waals surface area contributed by atoms with Gasteiger partial charge in [0.15, 0.2) is 0 Å². The Kier molecular flexibility index (Phi) is 3.45. The summed E-state index contributed by atoms with van der Waals surface area (Å²) in [6.07, 6.45) is 3.73. The van der Waals surface area contributed by atoms with Gasteiger partial charge < -0.3 is 0 Å². The van der Waals surface area contributed by atoms with Crippen molar-refractivity contribution in [2.24, 2.45) is 5.92 Å². The first-order valence-corrected chi connectivity index (χ1v) is 8.12. The minimum absolute atomic E-state index is 0.0973. The van der Waals surface area contributed by atoms with Gasteiger partial charge in [-0.05, 0) is 18.8 Å². The van der Waals surface area contributed by atoms with Crippen LogP contribution in [0, 0.1) is 5.92 Å². The highest BCUT2D eigenvalue weighted by Gasteiger charge is 2.33. The molecule has 1 saturated carbocycles. The van der Waals surface area contributed by atoms with E-state index in [1.54, 1.807) is 4.57 Å². The molecule has 17 heavy (non-hydrogen) atoms. The fraction of sp³-hybridized carbons (Fsp3) is 0.800. The van der Waals surface area contributed by atoms with Crippen LogP contribution in [0.15, 0.2) is 5.16 Å². The van der Waals surface area contributed by atoms with Crippen LogP contribution in [0.3, 0.4) is 0 Å². The monoisotopic (exact) mass is 277 g/mol. The summed E-state index contributed by atoms with van der Waals surface area (Å²) < 4.78 is 24.5. The molecule has 1 unspecified atom stereocenters. The molecule has 0 aromatic carbocycles. The number of nitrogens with zero attached hydrogens (tertiary/aromatic N) is 3. The van der Waals surface area contributed by atoms with E-state index in [9.17, 15) is 8.42 Å². The Morgan fingerprint density at radius 1 is 1.47 bits per heavy atom. The van der Waals surface area contributed by atoms with Crippen LogP contribution in [0.5, 0.6) is 0 Å². The minimum Gasteiger partial charge on any atom is -0.298 e. The maximum absolute atomic E-state index is 11.4. The topological polar surface area (TPSA) is 64.8 Å². The van der Waals surface area contributed by atoms with Gasteiger partial charge in [0.05, 0.1) is 0 Å². The molecule has 1 aliphatic carbocycles. The van der Waals surface area contributed by atoms with Crippen LogP contribution >= 0.6 is 10.7 Å². The first-order chi connectivity index (χ1) is 7.93. The Balaban J connectivity index is 2.37. The van der Waals surface area contributed by atoms with Crippen LogP contribution in [-0.4, -0.2) is 23.2 Å². The third kappa shape index (κ3) is 2.80. The van der Waals surface area contributed by atoms with Crippen LogP contribution in [0.1, 0.15) is 45.0 Å². The smallest absolute Gasteiger partial charge is 0.296 e. The molecule has 0 spiro atoms. The molecular formula is C10H16ClN3O2S. The predicted octanol–water partition coefficient (Wildman–Crippen LogP) is 2.13. The maximum Gasteiger partial charge on any atom is 0.296 e. The Morgan fingerprint density at radius 3 is 2.59 bits per heavy atom. The lowest BCUT2D eigenvalue weighted by atomic mass is 10.1. The number of hydrogen-bond donors (Lipinski definition) is 0. The molecule has 0 aliphatic heterocycles. The van der Waals surface area contributed by atoms with E-state index in [1.165, 1.54) is 0 Å². The summed E-state index contributed by atoms with van der Waals surface area (Å²) in [7, 11) is 1.57. The molecule has 0 bridgehead atoms. The highest BCUT2D eigenvalue weighted by molar-refractivity contribution is 8.13. The molecule has 0 amide bonds. The summed E-state index contributed by atoms with van der Waals surface area (Å²) in [6, 6.07) is 0.215. The van der Waals surface area contributed by atoms with E-state index in [0.29, 0.717) is 5.92 Å². The highest BCUT2D eigenvalue weighted by atomic mass is 35.7. The van der Waals surface area contributed by atoms with Crippen LogP contribution in [-0.2, 0) is 15.5 Å². The molecule has 2 rings (SSSR count). The lowest BCUT2D eigenvalue weighted by Gasteiger charge is -2.10. The Bertz CT molecular complexity index is 508. The van der Waals surface area contributed by atoms with Crippen LogP contribution < -0.4 is 0 Å². The molecule has 0 N–H and O–H groups in total. The second-order valence-electron chi connectivity index (χ2n) is 4.66. The first-order valence-electron chi connectivity index (χ1n) is 5.82. The average molecular weight is 278 g/mol. The number of hydrogen-bond acceptors (Lipinski definition) is 4. The van der Waals surface area contributed by atoms with Crippen molar-refractivity contribution in [3.8, 4) is 0 Å². The van der Waals surface area contributed by atoms with E-state index in [0.717, 1.165) is 31.5 Å². The normalized spacial score (nSPS) is 18.3. The van der Waals surface area contributed by atoms with Crippen LogP contribution in [0.2, 0.25) is 0 Å². The van der Waals surface area contributed by atoms with E-state index < -0.39 is 9.05 Å². The lowest BCUT2D eigenvalue weighted by molar-refractivity contribution is 0.508. The zero-order valence-corrected chi connectivity index (χ0v) is 11.5. The zero-order valence-electron chi connectivity index (χ0n) is 9.93. The highest BCUT2D eigenvalue weighted by Crippen LogP contribution is 2.38. The summed E-state index contributed by atoms with van der Waals surface area (Å²) in [5, 5.41) is 7.61. The van der Waals surface area contributed by atoms with E-state index in [-0.39, 0.29) is 11.2 Å². The van der Waals surface area contributed by atoms with Crippen molar-refractivity contribution in [1.82, 2.24) is 14.8 Å². The van der Waals surface area contributed by atoms with Crippen LogP contribution in [0.4, 0.5) is 0 Å². The molecule has 1 atom stereocenters. The molecule has 1 aliphatic rings. The van der Waals surface area contributed by atoms with Gasteiger partial charge in [0.1, 0.15) is 5.82 Å². The number of rotatable bonds is 5. The summed E-state index contributed by atoms with van der Waals surface area (Å²) in [5.41, 5.74) is 0. The summed E-state index contributed by atoms with van der Waals surface area (Å²) in [5.74, 6) is 1.20. The van der Waals surface area contributed by atoms with Gasteiger partial charge >= 0.3 is 0 Å². The van der Waals surface area contributed by atoms with Crippen LogP contribution in [0.25, 0.3) is 0 Å². The Labute approximate surface area is 106 Å². The summed E-state index contributed by atoms with van der Waals surface area (Å²) in [6.45, 7) is 4.21. The fourth-order valence-corrected chi connectivity index (χ4v) is 2.71. The van der Waals surface area contributed by atoms with Crippen molar-refractivity contribution in [2.45, 2.75) is 50.7 Å². The van der Waals surface area contributed by atoms with E-state index in [2.05, 4.69) is 24.0 Å². The van der Waals surface area contributed by atoms with Crippen molar-refractivity contribution in [3.05, 3.63) is 5.82 Å². The largest absolute Gasteiger partial charge is 0.298 e. The average Bonchev–Trinajstić information content (AvgIpc) is 2.98. The second-order valence-corrected chi connectivity index (χ2v) is 7.12. The van der Waals surface area contributed by atoms with Crippen molar-refractivity contribution in [2.75, 3.05) is 0 Å². The SMILES string of the molecule is CCC(C)Cc1nnc(S(=O)(=O)Cl)n1C1CC1. The van der Waals surface area contributed by atoms with Crippen molar-refractivity contribution in [3.63, 3.8) is 0 Å². The maximum atomic E-state index is 11.4. The van der Waals surface area contributed by atoms with E-state index in [4.69, 9.17) is 10.7 Å². The molecule has 0 saturated heterocycles. The first kappa shape index (κ1) is 12.8. The van der Waals surface area contributed by atoms with Gasteiger partial charge in [-0.25, -0.2) is 8.42 Å². The third-order valence-electron chi connectivity index (χ3n) is 3.09. The molecule has 5 nitrogen and oxygen atoms in total. The lowest BCUT2D eigenvalue weighted by Crippen LogP contribution is -2.10. The van der Waals surface area contributed by atoms with Gasteiger partial charge in [-0.1, -0.05) is 20.3 Å². The predicted molar refractivity (Wildman–Crippen MR) is 64.5 cm³/mol. The third-order valence-corrected chi connectivity index (χ3v) is 4.22. The quantitative estimate of drug-likeness (QED) is 0.774. The van der Waals surface area contributed by atoms with E-state index >= 15 is 0 Å². The summed E-state index contributed by atoms with van der Waals surface area (Å²) in [4.78, 5) is 0. The second kappa shape index (κ2) is 4.57. The Hall–Kier alpha value is -0.620. The zero-order chi connectivity index (χ0) is 12.6. The molecule has 1 aromatic rings. The van der Waals surface area contributed by atoms with Gasteiger partial charge in [-0.3, -0.25) is 4.57 Å². The molecule has 96 valence electrons. The van der Waals surface area contributed by atoms with Gasteiger partial charge in [0.25, 0.3) is 14.2 Å². The molecular weight excluding hydrogens is 262 g/mol. The van der Waals surface area contributed by atoms with Gasteiger partial charge in [0, 0.05) is 23.1 Å². The van der Waals surface area contributed by atoms with Gasteiger partial charge in [0.2, 0.25) is 0 Å². The number of aromatic nitrogens is 3.